The number of rotatable bonds is 6. The van der Waals surface area contributed by atoms with Gasteiger partial charge in [0.15, 0.2) is 0 Å². The molecule has 2 aromatic carbocycles. The SMILES string of the molecule is CCC(CNC(=O)c1ccc(C)cc1)(OC)c1ccccc1. The van der Waals surface area contributed by atoms with E-state index in [1.54, 1.807) is 7.11 Å². The van der Waals surface area contributed by atoms with Crippen molar-refractivity contribution in [1.82, 2.24) is 5.32 Å². The van der Waals surface area contributed by atoms with Crippen LogP contribution in [0.25, 0.3) is 0 Å². The molecule has 0 saturated carbocycles. The van der Waals surface area contributed by atoms with Crippen LogP contribution < -0.4 is 5.32 Å². The van der Waals surface area contributed by atoms with Gasteiger partial charge in [-0.05, 0) is 31.0 Å². The van der Waals surface area contributed by atoms with Gasteiger partial charge >= 0.3 is 0 Å². The maximum absolute atomic E-state index is 12.3. The Morgan fingerprint density at radius 1 is 1.09 bits per heavy atom. The molecular weight excluding hydrogens is 274 g/mol. The van der Waals surface area contributed by atoms with E-state index in [2.05, 4.69) is 12.2 Å². The molecule has 2 aromatic rings. The predicted molar refractivity (Wildman–Crippen MR) is 88.9 cm³/mol. The lowest BCUT2D eigenvalue weighted by Crippen LogP contribution is -2.41. The van der Waals surface area contributed by atoms with E-state index in [4.69, 9.17) is 4.74 Å². The number of carbonyl (C=O) groups excluding carboxylic acids is 1. The zero-order valence-electron chi connectivity index (χ0n) is 13.4. The van der Waals surface area contributed by atoms with E-state index in [0.29, 0.717) is 12.1 Å². The molecule has 116 valence electrons. The Morgan fingerprint density at radius 2 is 1.73 bits per heavy atom. The fraction of sp³-hybridized carbons (Fsp3) is 0.316. The maximum atomic E-state index is 12.3. The zero-order chi connectivity index (χ0) is 16.0. The van der Waals surface area contributed by atoms with Crippen molar-refractivity contribution in [2.45, 2.75) is 25.9 Å². The summed E-state index contributed by atoms with van der Waals surface area (Å²) in [5.41, 5.74) is 2.38. The molecule has 0 aliphatic rings. The van der Waals surface area contributed by atoms with Crippen molar-refractivity contribution in [1.29, 1.82) is 0 Å². The monoisotopic (exact) mass is 297 g/mol. The van der Waals surface area contributed by atoms with Gasteiger partial charge in [-0.2, -0.15) is 0 Å². The molecule has 3 nitrogen and oxygen atoms in total. The summed E-state index contributed by atoms with van der Waals surface area (Å²) in [4.78, 5) is 12.3. The van der Waals surface area contributed by atoms with Crippen molar-refractivity contribution in [2.24, 2.45) is 0 Å². The van der Waals surface area contributed by atoms with Crippen LogP contribution in [-0.2, 0) is 10.3 Å². The molecule has 0 aromatic heterocycles. The molecule has 1 amide bonds. The molecule has 1 unspecified atom stereocenters. The average Bonchev–Trinajstić information content (AvgIpc) is 2.57. The minimum atomic E-state index is -0.498. The van der Waals surface area contributed by atoms with Crippen LogP contribution in [0.4, 0.5) is 0 Å². The van der Waals surface area contributed by atoms with E-state index in [0.717, 1.165) is 17.5 Å². The predicted octanol–water partition coefficient (Wildman–Crippen LogP) is 3.68. The molecule has 0 heterocycles. The standard InChI is InChI=1S/C19H23NO2/c1-4-19(22-3,17-8-6-5-7-9-17)14-20-18(21)16-12-10-15(2)11-13-16/h5-13H,4,14H2,1-3H3,(H,20,21). The van der Waals surface area contributed by atoms with Gasteiger partial charge in [0.1, 0.15) is 5.60 Å². The maximum Gasteiger partial charge on any atom is 0.251 e. The third kappa shape index (κ3) is 3.55. The summed E-state index contributed by atoms with van der Waals surface area (Å²) in [6, 6.07) is 17.6. The lowest BCUT2D eigenvalue weighted by Gasteiger charge is -2.32. The van der Waals surface area contributed by atoms with Gasteiger partial charge in [-0.25, -0.2) is 0 Å². The van der Waals surface area contributed by atoms with Crippen molar-refractivity contribution >= 4 is 5.91 Å². The highest BCUT2D eigenvalue weighted by Crippen LogP contribution is 2.28. The molecule has 2 rings (SSSR count). The number of benzene rings is 2. The van der Waals surface area contributed by atoms with E-state index < -0.39 is 5.60 Å². The molecule has 0 radical (unpaired) electrons. The first kappa shape index (κ1) is 16.2. The zero-order valence-corrected chi connectivity index (χ0v) is 13.4. The van der Waals surface area contributed by atoms with Crippen LogP contribution in [0.3, 0.4) is 0 Å². The van der Waals surface area contributed by atoms with Crippen LogP contribution in [0.5, 0.6) is 0 Å². The van der Waals surface area contributed by atoms with Gasteiger partial charge in [0.05, 0.1) is 6.54 Å². The first-order valence-corrected chi connectivity index (χ1v) is 7.57. The highest BCUT2D eigenvalue weighted by atomic mass is 16.5. The van der Waals surface area contributed by atoms with Crippen molar-refractivity contribution in [2.75, 3.05) is 13.7 Å². The fourth-order valence-electron chi connectivity index (χ4n) is 2.54. The van der Waals surface area contributed by atoms with Crippen LogP contribution in [0, 0.1) is 6.92 Å². The van der Waals surface area contributed by atoms with E-state index in [9.17, 15) is 4.79 Å². The molecular formula is C19H23NO2. The molecule has 1 N–H and O–H groups in total. The van der Waals surface area contributed by atoms with Gasteiger partial charge in [-0.3, -0.25) is 4.79 Å². The largest absolute Gasteiger partial charge is 0.372 e. The van der Waals surface area contributed by atoms with Crippen molar-refractivity contribution < 1.29 is 9.53 Å². The number of methoxy groups -OCH3 is 1. The summed E-state index contributed by atoms with van der Waals surface area (Å²) in [7, 11) is 1.69. The minimum Gasteiger partial charge on any atom is -0.372 e. The second kappa shape index (κ2) is 7.23. The third-order valence-electron chi connectivity index (χ3n) is 4.11. The highest BCUT2D eigenvalue weighted by molar-refractivity contribution is 5.94. The molecule has 0 aliphatic heterocycles. The van der Waals surface area contributed by atoms with Gasteiger partial charge in [-0.15, -0.1) is 0 Å². The summed E-state index contributed by atoms with van der Waals surface area (Å²) >= 11 is 0. The fourth-order valence-corrected chi connectivity index (χ4v) is 2.54. The lowest BCUT2D eigenvalue weighted by atomic mass is 9.90. The molecule has 0 aliphatic carbocycles. The van der Waals surface area contributed by atoms with Crippen LogP contribution in [0.1, 0.15) is 34.8 Å². The average molecular weight is 297 g/mol. The quantitative estimate of drug-likeness (QED) is 0.883. The number of nitrogens with one attached hydrogen (secondary N) is 1. The van der Waals surface area contributed by atoms with Crippen LogP contribution in [-0.4, -0.2) is 19.6 Å². The summed E-state index contributed by atoms with van der Waals surface area (Å²) in [6.07, 6.45) is 0.779. The second-order valence-electron chi connectivity index (χ2n) is 5.47. The Bertz CT molecular complexity index is 601. The van der Waals surface area contributed by atoms with E-state index in [1.807, 2.05) is 61.5 Å². The number of ether oxygens (including phenoxy) is 1. The van der Waals surface area contributed by atoms with Gasteiger partial charge in [0.25, 0.3) is 5.91 Å². The number of amides is 1. The second-order valence-corrected chi connectivity index (χ2v) is 5.47. The van der Waals surface area contributed by atoms with Crippen molar-refractivity contribution in [3.8, 4) is 0 Å². The molecule has 0 fully saturated rings. The molecule has 3 heteroatoms. The Kier molecular flexibility index (Phi) is 5.34. The Labute approximate surface area is 132 Å². The summed E-state index contributed by atoms with van der Waals surface area (Å²) in [6.45, 7) is 4.51. The molecule has 22 heavy (non-hydrogen) atoms. The first-order chi connectivity index (χ1) is 10.6. The van der Waals surface area contributed by atoms with Gasteiger partial charge in [0, 0.05) is 12.7 Å². The summed E-state index contributed by atoms with van der Waals surface area (Å²) < 4.78 is 5.76. The Morgan fingerprint density at radius 3 is 2.27 bits per heavy atom. The lowest BCUT2D eigenvalue weighted by molar-refractivity contribution is -0.0164. The smallest absolute Gasteiger partial charge is 0.251 e. The third-order valence-corrected chi connectivity index (χ3v) is 4.11. The van der Waals surface area contributed by atoms with Gasteiger partial charge in [-0.1, -0.05) is 55.0 Å². The first-order valence-electron chi connectivity index (χ1n) is 7.57. The van der Waals surface area contributed by atoms with Crippen LogP contribution in [0.15, 0.2) is 54.6 Å². The molecule has 0 bridgehead atoms. The molecule has 0 spiro atoms. The topological polar surface area (TPSA) is 38.3 Å². The molecule has 1 atom stereocenters. The van der Waals surface area contributed by atoms with Crippen molar-refractivity contribution in [3.63, 3.8) is 0 Å². The van der Waals surface area contributed by atoms with E-state index >= 15 is 0 Å². The number of hydrogen-bond acceptors (Lipinski definition) is 2. The number of aryl methyl sites for hydroxylation is 1. The summed E-state index contributed by atoms with van der Waals surface area (Å²) in [5.74, 6) is -0.0780. The van der Waals surface area contributed by atoms with Gasteiger partial charge < -0.3 is 10.1 Å². The summed E-state index contributed by atoms with van der Waals surface area (Å²) in [5, 5.41) is 3.00. The number of hydrogen-bond donors (Lipinski definition) is 1. The Balaban J connectivity index is 2.12. The molecule has 0 saturated heterocycles. The van der Waals surface area contributed by atoms with Crippen LogP contribution in [0.2, 0.25) is 0 Å². The minimum absolute atomic E-state index is 0.0780. The van der Waals surface area contributed by atoms with Crippen molar-refractivity contribution in [3.05, 3.63) is 71.3 Å². The Hall–Kier alpha value is -2.13. The van der Waals surface area contributed by atoms with E-state index in [1.165, 1.54) is 0 Å². The van der Waals surface area contributed by atoms with Crippen LogP contribution >= 0.6 is 0 Å². The normalized spacial score (nSPS) is 13.4. The van der Waals surface area contributed by atoms with Gasteiger partial charge in [0.2, 0.25) is 0 Å². The number of carbonyl (C=O) groups is 1. The van der Waals surface area contributed by atoms with E-state index in [-0.39, 0.29) is 5.91 Å². The highest BCUT2D eigenvalue weighted by Gasteiger charge is 2.30.